The fourth-order valence-corrected chi connectivity index (χ4v) is 7.31. The first-order chi connectivity index (χ1) is 16.6. The Labute approximate surface area is 206 Å². The number of rotatable bonds is 3. The third-order valence-electron chi connectivity index (χ3n) is 5.82. The molecule has 0 saturated carbocycles. The van der Waals surface area contributed by atoms with Gasteiger partial charge in [0.05, 0.1) is 26.9 Å². The van der Waals surface area contributed by atoms with E-state index < -0.39 is 45.0 Å². The topological polar surface area (TPSA) is 113 Å². The summed E-state index contributed by atoms with van der Waals surface area (Å²) in [6, 6.07) is 4.74. The second kappa shape index (κ2) is 8.73. The highest BCUT2D eigenvalue weighted by Crippen LogP contribution is 2.41. The molecule has 8 nitrogen and oxygen atoms in total. The second-order valence-electron chi connectivity index (χ2n) is 8.00. The molecule has 0 bridgehead atoms. The summed E-state index contributed by atoms with van der Waals surface area (Å²) in [6.07, 6.45) is -3.64. The number of nitrogens with zero attached hydrogens (tertiary/aromatic N) is 2. The highest BCUT2D eigenvalue weighted by atomic mass is 35.5. The van der Waals surface area contributed by atoms with E-state index in [1.807, 2.05) is 0 Å². The molecular weight excluding hydrogens is 527 g/mol. The third kappa shape index (κ3) is 4.37. The van der Waals surface area contributed by atoms with Crippen molar-refractivity contribution in [1.82, 2.24) is 20.6 Å². The van der Waals surface area contributed by atoms with Gasteiger partial charge in [-0.25, -0.2) is 18.4 Å². The molecule has 1 atom stereocenters. The van der Waals surface area contributed by atoms with Gasteiger partial charge in [0.25, 0.3) is 5.91 Å². The van der Waals surface area contributed by atoms with Crippen LogP contribution in [0.15, 0.2) is 34.7 Å². The van der Waals surface area contributed by atoms with E-state index >= 15 is 0 Å². The van der Waals surface area contributed by atoms with Crippen LogP contribution in [0, 0.1) is 0 Å². The fourth-order valence-electron chi connectivity index (χ4n) is 4.10. The number of carbonyl (C=O) groups is 1. The molecule has 1 aromatic carbocycles. The lowest BCUT2D eigenvalue weighted by atomic mass is 10.0. The summed E-state index contributed by atoms with van der Waals surface area (Å²) in [5.41, 5.74) is 0.351. The Balaban J connectivity index is 1.60. The molecule has 0 spiro atoms. The van der Waals surface area contributed by atoms with Crippen molar-refractivity contribution in [1.29, 1.82) is 0 Å². The molecule has 3 N–H and O–H groups in total. The number of hydrogen-bond acceptors (Lipinski definition) is 8. The number of anilines is 2. The van der Waals surface area contributed by atoms with Crippen LogP contribution in [0.25, 0.3) is 0 Å². The van der Waals surface area contributed by atoms with Crippen LogP contribution in [0.3, 0.4) is 0 Å². The predicted octanol–water partition coefficient (Wildman–Crippen LogP) is 3.86. The number of hydrogen-bond donors (Lipinski definition) is 3. The summed E-state index contributed by atoms with van der Waals surface area (Å²) in [7, 11) is -4.38. The second-order valence-corrected chi connectivity index (χ2v) is 11.4. The summed E-state index contributed by atoms with van der Waals surface area (Å²) in [5.74, 6) is -0.919. The van der Waals surface area contributed by atoms with Gasteiger partial charge in [-0.1, -0.05) is 11.6 Å². The minimum atomic E-state index is -4.92. The third-order valence-corrected chi connectivity index (χ3v) is 9.26. The number of alkyl halides is 3. The van der Waals surface area contributed by atoms with E-state index in [9.17, 15) is 26.4 Å². The molecule has 0 radical (unpaired) electrons. The van der Waals surface area contributed by atoms with Gasteiger partial charge in [-0.15, -0.1) is 11.3 Å². The lowest BCUT2D eigenvalue weighted by Gasteiger charge is -2.21. The van der Waals surface area contributed by atoms with E-state index in [-0.39, 0.29) is 15.7 Å². The van der Waals surface area contributed by atoms with Crippen LogP contribution >= 0.6 is 22.9 Å². The van der Waals surface area contributed by atoms with Crippen LogP contribution < -0.4 is 16.0 Å². The van der Waals surface area contributed by atoms with E-state index in [2.05, 4.69) is 25.9 Å². The van der Waals surface area contributed by atoms with Crippen molar-refractivity contribution < 1.29 is 26.4 Å². The van der Waals surface area contributed by atoms with Crippen molar-refractivity contribution in [2.75, 3.05) is 18.4 Å². The number of sulfone groups is 1. The number of thiophene rings is 1. The molecule has 4 heterocycles. The molecule has 1 amide bonds. The van der Waals surface area contributed by atoms with Crippen molar-refractivity contribution in [3.8, 4) is 0 Å². The first kappa shape index (κ1) is 24.0. The van der Waals surface area contributed by atoms with Gasteiger partial charge in [0.1, 0.15) is 10.1 Å². The van der Waals surface area contributed by atoms with Crippen LogP contribution in [0.4, 0.5) is 24.8 Å². The van der Waals surface area contributed by atoms with Gasteiger partial charge in [0.2, 0.25) is 5.95 Å². The zero-order chi connectivity index (χ0) is 25.0. The molecule has 5 rings (SSSR count). The number of aromatic nitrogens is 2. The summed E-state index contributed by atoms with van der Waals surface area (Å²) in [5, 5.41) is 8.39. The quantitative estimate of drug-likeness (QED) is 0.460. The number of benzene rings is 1. The molecule has 35 heavy (non-hydrogen) atoms. The monoisotopic (exact) mass is 543 g/mol. The maximum absolute atomic E-state index is 13.9. The minimum absolute atomic E-state index is 0.0798. The molecule has 184 valence electrons. The van der Waals surface area contributed by atoms with Crippen LogP contribution in [0.1, 0.15) is 37.3 Å². The lowest BCUT2D eigenvalue weighted by Crippen LogP contribution is -2.30. The molecule has 2 aliphatic rings. The van der Waals surface area contributed by atoms with Crippen molar-refractivity contribution in [2.45, 2.75) is 29.3 Å². The van der Waals surface area contributed by atoms with Crippen molar-refractivity contribution in [2.24, 2.45) is 0 Å². The molecule has 0 fully saturated rings. The zero-order valence-corrected chi connectivity index (χ0v) is 20.1. The van der Waals surface area contributed by atoms with Crippen molar-refractivity contribution in [3.63, 3.8) is 0 Å². The summed E-state index contributed by atoms with van der Waals surface area (Å²) in [6.45, 7) is 0.839. The predicted molar refractivity (Wildman–Crippen MR) is 124 cm³/mol. The van der Waals surface area contributed by atoms with Crippen LogP contribution in [0.5, 0.6) is 0 Å². The Bertz CT molecular complexity index is 1440. The van der Waals surface area contributed by atoms with Gasteiger partial charge < -0.3 is 16.0 Å². The highest BCUT2D eigenvalue weighted by Gasteiger charge is 2.44. The molecular formula is C21H17ClF3N5O3S2. The van der Waals surface area contributed by atoms with E-state index in [0.717, 1.165) is 35.4 Å². The van der Waals surface area contributed by atoms with E-state index in [1.165, 1.54) is 11.4 Å². The maximum atomic E-state index is 13.9. The van der Waals surface area contributed by atoms with Gasteiger partial charge in [-0.05, 0) is 47.7 Å². The standard InChI is InChI=1S/C21H17ClF3N5O3S2/c22-13-5-11-7-26-3-1-10(11)6-14(13)29-20-28-8-12(21(23,24)25)17(30-20)16-9-27-19(31)18-15(2-4-34-18)35(16,32)33/h2,4-6,8,16,26H,1,3,7,9H2,(H,27,31)(H,28,29,30). The summed E-state index contributed by atoms with van der Waals surface area (Å²) >= 11 is 7.26. The Kier molecular flexibility index (Phi) is 5.98. The van der Waals surface area contributed by atoms with Crippen LogP contribution in [-0.4, -0.2) is 37.4 Å². The van der Waals surface area contributed by atoms with Gasteiger partial charge in [-0.2, -0.15) is 13.2 Å². The molecule has 1 unspecified atom stereocenters. The number of fused-ring (bicyclic) bond motifs is 2. The Morgan fingerprint density at radius 3 is 2.80 bits per heavy atom. The molecule has 0 aliphatic carbocycles. The SMILES string of the molecule is O=C1NCC(c2nc(Nc3cc4c(cc3Cl)CNCC4)ncc2C(F)(F)F)S(=O)(=O)c2ccsc21. The summed E-state index contributed by atoms with van der Waals surface area (Å²) < 4.78 is 68.3. The Morgan fingerprint density at radius 2 is 2.03 bits per heavy atom. The molecule has 3 aromatic rings. The minimum Gasteiger partial charge on any atom is -0.350 e. The smallest absolute Gasteiger partial charge is 0.350 e. The Morgan fingerprint density at radius 1 is 1.23 bits per heavy atom. The van der Waals surface area contributed by atoms with E-state index in [0.29, 0.717) is 23.5 Å². The van der Waals surface area contributed by atoms with Gasteiger partial charge in [-0.3, -0.25) is 4.79 Å². The average Bonchev–Trinajstić information content (AvgIpc) is 3.27. The van der Waals surface area contributed by atoms with Crippen molar-refractivity contribution in [3.05, 3.63) is 62.1 Å². The molecule has 14 heteroatoms. The Hall–Kier alpha value is -2.74. The fraction of sp³-hybridized carbons (Fsp3) is 0.286. The first-order valence-electron chi connectivity index (χ1n) is 10.4. The van der Waals surface area contributed by atoms with Gasteiger partial charge >= 0.3 is 6.18 Å². The van der Waals surface area contributed by atoms with Gasteiger partial charge in [0.15, 0.2) is 9.84 Å². The van der Waals surface area contributed by atoms with Crippen LogP contribution in [0.2, 0.25) is 5.02 Å². The summed E-state index contributed by atoms with van der Waals surface area (Å²) in [4.78, 5) is 19.7. The maximum Gasteiger partial charge on any atom is 0.419 e. The molecule has 2 aromatic heterocycles. The lowest BCUT2D eigenvalue weighted by molar-refractivity contribution is -0.138. The molecule has 0 saturated heterocycles. The normalized spacial score (nSPS) is 19.3. The van der Waals surface area contributed by atoms with E-state index in [4.69, 9.17) is 11.6 Å². The number of nitrogens with one attached hydrogen (secondary N) is 3. The first-order valence-corrected chi connectivity index (χ1v) is 13.2. The molecule has 2 aliphatic heterocycles. The highest BCUT2D eigenvalue weighted by molar-refractivity contribution is 7.92. The average molecular weight is 544 g/mol. The van der Waals surface area contributed by atoms with E-state index in [1.54, 1.807) is 12.1 Å². The number of halogens is 4. The van der Waals surface area contributed by atoms with Crippen molar-refractivity contribution >= 4 is 50.3 Å². The zero-order valence-electron chi connectivity index (χ0n) is 17.7. The van der Waals surface area contributed by atoms with Gasteiger partial charge in [0, 0.05) is 19.3 Å². The number of carbonyl (C=O) groups excluding carboxylic acids is 1. The largest absolute Gasteiger partial charge is 0.419 e. The van der Waals surface area contributed by atoms with Crippen LogP contribution in [-0.2, 0) is 29.0 Å². The number of amides is 1.